The molecule has 8 heteroatoms. The lowest BCUT2D eigenvalue weighted by molar-refractivity contribution is -0.384. The molecule has 0 aliphatic heterocycles. The molecule has 0 bridgehead atoms. The van der Waals surface area contributed by atoms with Gasteiger partial charge in [0.1, 0.15) is 11.6 Å². The first-order chi connectivity index (χ1) is 9.88. The highest BCUT2D eigenvalue weighted by Gasteiger charge is 2.17. The number of nitrogens with one attached hydrogen (secondary N) is 1. The summed E-state index contributed by atoms with van der Waals surface area (Å²) < 4.78 is 26.4. The number of hydrogen-bond donors (Lipinski definition) is 1. The van der Waals surface area contributed by atoms with Crippen LogP contribution in [0.15, 0.2) is 36.4 Å². The molecule has 0 aliphatic carbocycles. The van der Waals surface area contributed by atoms with Crippen LogP contribution in [0.25, 0.3) is 0 Å². The fourth-order valence-electron chi connectivity index (χ4n) is 1.58. The third kappa shape index (κ3) is 3.32. The van der Waals surface area contributed by atoms with Crippen LogP contribution in [0.1, 0.15) is 10.4 Å². The highest BCUT2D eigenvalue weighted by atomic mass is 35.5. The van der Waals surface area contributed by atoms with Crippen LogP contribution in [-0.4, -0.2) is 10.8 Å². The zero-order valence-electron chi connectivity index (χ0n) is 10.3. The fraction of sp³-hybridized carbons (Fsp3) is 0. The van der Waals surface area contributed by atoms with Gasteiger partial charge in [-0.25, -0.2) is 8.78 Å². The molecule has 2 aromatic rings. The van der Waals surface area contributed by atoms with E-state index in [9.17, 15) is 23.7 Å². The first-order valence-electron chi connectivity index (χ1n) is 5.59. The number of amides is 1. The van der Waals surface area contributed by atoms with Crippen LogP contribution in [0.2, 0.25) is 5.02 Å². The van der Waals surface area contributed by atoms with Crippen molar-refractivity contribution in [2.24, 2.45) is 0 Å². The Hall–Kier alpha value is -2.54. The molecule has 0 unspecified atom stereocenters. The average molecular weight is 313 g/mol. The van der Waals surface area contributed by atoms with E-state index in [1.807, 2.05) is 0 Å². The second-order valence-corrected chi connectivity index (χ2v) is 4.41. The standard InChI is InChI=1S/C13H7ClF2N2O3/c14-10-3-2-8(18(20)21)6-9(10)13(19)17-12-5-7(15)1-4-11(12)16/h1-6H,(H,17,19). The smallest absolute Gasteiger partial charge is 0.270 e. The minimum Gasteiger partial charge on any atom is -0.319 e. The van der Waals surface area contributed by atoms with Gasteiger partial charge in [-0.15, -0.1) is 0 Å². The molecular formula is C13H7ClF2N2O3. The van der Waals surface area contributed by atoms with Gasteiger partial charge in [0.2, 0.25) is 0 Å². The number of rotatable bonds is 3. The summed E-state index contributed by atoms with van der Waals surface area (Å²) in [5, 5.41) is 12.7. The summed E-state index contributed by atoms with van der Waals surface area (Å²) in [5.41, 5.74) is -0.943. The summed E-state index contributed by atoms with van der Waals surface area (Å²) in [6.07, 6.45) is 0. The normalized spacial score (nSPS) is 10.2. The number of non-ortho nitro benzene ring substituents is 1. The van der Waals surface area contributed by atoms with Crippen LogP contribution in [0, 0.1) is 21.7 Å². The van der Waals surface area contributed by atoms with Crippen molar-refractivity contribution in [1.29, 1.82) is 0 Å². The van der Waals surface area contributed by atoms with Crippen LogP contribution in [-0.2, 0) is 0 Å². The highest BCUT2D eigenvalue weighted by Crippen LogP contribution is 2.24. The summed E-state index contributed by atoms with van der Waals surface area (Å²) in [5.74, 6) is -2.46. The van der Waals surface area contributed by atoms with Crippen LogP contribution in [0.5, 0.6) is 0 Å². The van der Waals surface area contributed by atoms with Gasteiger partial charge in [-0.1, -0.05) is 11.6 Å². The molecule has 0 atom stereocenters. The van der Waals surface area contributed by atoms with Crippen LogP contribution >= 0.6 is 11.6 Å². The van der Waals surface area contributed by atoms with Crippen LogP contribution in [0.4, 0.5) is 20.2 Å². The highest BCUT2D eigenvalue weighted by molar-refractivity contribution is 6.34. The molecule has 1 amide bonds. The van der Waals surface area contributed by atoms with Crippen molar-refractivity contribution in [3.05, 3.63) is 68.7 Å². The first kappa shape index (κ1) is 14.9. The topological polar surface area (TPSA) is 72.2 Å². The second-order valence-electron chi connectivity index (χ2n) is 4.00. The minimum absolute atomic E-state index is 0.0464. The largest absolute Gasteiger partial charge is 0.319 e. The van der Waals surface area contributed by atoms with Gasteiger partial charge in [0.05, 0.1) is 21.2 Å². The Morgan fingerprint density at radius 2 is 1.90 bits per heavy atom. The molecule has 0 aromatic heterocycles. The molecule has 108 valence electrons. The lowest BCUT2D eigenvalue weighted by Crippen LogP contribution is -2.14. The lowest BCUT2D eigenvalue weighted by atomic mass is 10.1. The van der Waals surface area contributed by atoms with Crippen LogP contribution in [0.3, 0.4) is 0 Å². The molecule has 0 radical (unpaired) electrons. The van der Waals surface area contributed by atoms with E-state index in [0.717, 1.165) is 30.3 Å². The number of hydrogen-bond acceptors (Lipinski definition) is 3. The molecular weight excluding hydrogens is 306 g/mol. The molecule has 2 rings (SSSR count). The Balaban J connectivity index is 2.34. The fourth-order valence-corrected chi connectivity index (χ4v) is 1.79. The van der Waals surface area contributed by atoms with Gasteiger partial charge in [0.25, 0.3) is 11.6 Å². The van der Waals surface area contributed by atoms with Crippen molar-refractivity contribution in [2.45, 2.75) is 0 Å². The van der Waals surface area contributed by atoms with E-state index in [1.54, 1.807) is 0 Å². The van der Waals surface area contributed by atoms with E-state index >= 15 is 0 Å². The van der Waals surface area contributed by atoms with E-state index in [1.165, 1.54) is 6.07 Å². The third-order valence-corrected chi connectivity index (χ3v) is 2.91. The Labute approximate surface area is 122 Å². The number of nitro benzene ring substituents is 1. The van der Waals surface area contributed by atoms with Crippen molar-refractivity contribution >= 4 is 28.9 Å². The Morgan fingerprint density at radius 3 is 2.57 bits per heavy atom. The number of nitro groups is 1. The Kier molecular flexibility index (Phi) is 4.13. The Bertz CT molecular complexity index is 737. The van der Waals surface area contributed by atoms with Crippen LogP contribution < -0.4 is 5.32 Å². The molecule has 0 aliphatic rings. The number of benzene rings is 2. The summed E-state index contributed by atoms with van der Waals surface area (Å²) in [7, 11) is 0. The monoisotopic (exact) mass is 312 g/mol. The summed E-state index contributed by atoms with van der Waals surface area (Å²) >= 11 is 5.78. The van der Waals surface area contributed by atoms with Crippen molar-refractivity contribution in [2.75, 3.05) is 5.32 Å². The maximum Gasteiger partial charge on any atom is 0.270 e. The number of nitrogens with zero attached hydrogens (tertiary/aromatic N) is 1. The molecule has 1 N–H and O–H groups in total. The van der Waals surface area contributed by atoms with Gasteiger partial charge in [0.15, 0.2) is 0 Å². The maximum atomic E-state index is 13.4. The zero-order valence-corrected chi connectivity index (χ0v) is 11.0. The molecule has 0 saturated carbocycles. The number of carbonyl (C=O) groups excluding carboxylic acids is 1. The predicted molar refractivity (Wildman–Crippen MR) is 72.4 cm³/mol. The molecule has 5 nitrogen and oxygen atoms in total. The Morgan fingerprint density at radius 1 is 1.19 bits per heavy atom. The zero-order chi connectivity index (χ0) is 15.6. The van der Waals surface area contributed by atoms with E-state index < -0.39 is 22.5 Å². The molecule has 0 heterocycles. The van der Waals surface area contributed by atoms with Crippen molar-refractivity contribution in [3.63, 3.8) is 0 Å². The number of halogens is 3. The van der Waals surface area contributed by atoms with E-state index in [2.05, 4.69) is 5.32 Å². The summed E-state index contributed by atoms with van der Waals surface area (Å²) in [4.78, 5) is 21.9. The number of carbonyl (C=O) groups is 1. The van der Waals surface area contributed by atoms with Crippen molar-refractivity contribution in [3.8, 4) is 0 Å². The van der Waals surface area contributed by atoms with Gasteiger partial charge in [-0.3, -0.25) is 14.9 Å². The second kappa shape index (κ2) is 5.84. The lowest BCUT2D eigenvalue weighted by Gasteiger charge is -2.07. The molecule has 0 spiro atoms. The van der Waals surface area contributed by atoms with Gasteiger partial charge >= 0.3 is 0 Å². The summed E-state index contributed by atoms with van der Waals surface area (Å²) in [6.45, 7) is 0. The number of anilines is 1. The SMILES string of the molecule is O=C(Nc1cc(F)ccc1F)c1cc([N+](=O)[O-])ccc1Cl. The maximum absolute atomic E-state index is 13.4. The first-order valence-corrected chi connectivity index (χ1v) is 5.96. The van der Waals surface area contributed by atoms with E-state index in [0.29, 0.717) is 0 Å². The van der Waals surface area contributed by atoms with E-state index in [4.69, 9.17) is 11.6 Å². The predicted octanol–water partition coefficient (Wildman–Crippen LogP) is 3.78. The molecule has 21 heavy (non-hydrogen) atoms. The van der Waals surface area contributed by atoms with Gasteiger partial charge in [0, 0.05) is 18.2 Å². The van der Waals surface area contributed by atoms with Gasteiger partial charge < -0.3 is 5.32 Å². The molecule has 0 saturated heterocycles. The third-order valence-electron chi connectivity index (χ3n) is 2.58. The van der Waals surface area contributed by atoms with Gasteiger partial charge in [-0.05, 0) is 18.2 Å². The quantitative estimate of drug-likeness (QED) is 0.692. The van der Waals surface area contributed by atoms with Crippen molar-refractivity contribution in [1.82, 2.24) is 0 Å². The van der Waals surface area contributed by atoms with E-state index in [-0.39, 0.29) is 22.0 Å². The molecule has 0 fully saturated rings. The average Bonchev–Trinajstić information content (AvgIpc) is 2.43. The van der Waals surface area contributed by atoms with Crippen molar-refractivity contribution < 1.29 is 18.5 Å². The molecule has 2 aromatic carbocycles. The van der Waals surface area contributed by atoms with Gasteiger partial charge in [-0.2, -0.15) is 0 Å². The minimum atomic E-state index is -0.881. The summed E-state index contributed by atoms with van der Waals surface area (Å²) in [6, 6.07) is 5.79.